The Kier molecular flexibility index (Phi) is 65.4. The van der Waals surface area contributed by atoms with Crippen LogP contribution in [0.4, 0.5) is 0 Å². The number of nitrogens with one attached hydrogen (secondary N) is 1. The number of aliphatic hydroxyl groups excluding tert-OH is 2. The third kappa shape index (κ3) is 63.4. The molecule has 0 heterocycles. The van der Waals surface area contributed by atoms with Crippen molar-refractivity contribution in [3.8, 4) is 0 Å². The maximum absolute atomic E-state index is 12.5. The van der Waals surface area contributed by atoms with Crippen molar-refractivity contribution in [2.75, 3.05) is 13.2 Å². The van der Waals surface area contributed by atoms with Crippen molar-refractivity contribution in [2.45, 2.75) is 405 Å². The fourth-order valence-electron chi connectivity index (χ4n) is 11.1. The molecule has 0 saturated heterocycles. The van der Waals surface area contributed by atoms with E-state index in [1.807, 2.05) is 6.08 Å². The van der Waals surface area contributed by atoms with Crippen LogP contribution in [0.3, 0.4) is 0 Å². The van der Waals surface area contributed by atoms with E-state index in [4.69, 9.17) is 4.74 Å². The van der Waals surface area contributed by atoms with Crippen LogP contribution in [0.5, 0.6) is 0 Å². The molecule has 0 aliphatic heterocycles. The largest absolute Gasteiger partial charge is 0.466 e. The smallest absolute Gasteiger partial charge is 0.305 e. The lowest BCUT2D eigenvalue weighted by molar-refractivity contribution is -0.143. The average Bonchev–Trinajstić information content (AvgIpc) is 3.43. The van der Waals surface area contributed by atoms with Crippen LogP contribution in [-0.4, -0.2) is 47.4 Å². The molecule has 1 amide bonds. The maximum Gasteiger partial charge on any atom is 0.305 e. The normalized spacial score (nSPS) is 12.6. The Morgan fingerprint density at radius 2 is 0.610 bits per heavy atom. The summed E-state index contributed by atoms with van der Waals surface area (Å²) in [6.45, 7) is 4.92. The van der Waals surface area contributed by atoms with Crippen molar-refractivity contribution < 1.29 is 24.5 Å². The Balaban J connectivity index is 3.43. The summed E-state index contributed by atoms with van der Waals surface area (Å²) >= 11 is 0. The van der Waals surface area contributed by atoms with Crippen molar-refractivity contribution >= 4 is 11.9 Å². The quantitative estimate of drug-likeness (QED) is 0.0320. The third-order valence-corrected chi connectivity index (χ3v) is 16.5. The summed E-state index contributed by atoms with van der Waals surface area (Å²) in [6.07, 6.45) is 83.9. The first kappa shape index (κ1) is 75.3. The minimum absolute atomic E-state index is 0.00296. The molecule has 3 N–H and O–H groups in total. The van der Waals surface area contributed by atoms with Gasteiger partial charge in [-0.15, -0.1) is 0 Å². The van der Waals surface area contributed by atoms with Gasteiger partial charge in [0.2, 0.25) is 5.91 Å². The van der Waals surface area contributed by atoms with E-state index in [0.717, 1.165) is 44.9 Å². The van der Waals surface area contributed by atoms with Crippen LogP contribution in [0.15, 0.2) is 24.3 Å². The number of esters is 1. The van der Waals surface area contributed by atoms with E-state index in [9.17, 15) is 19.8 Å². The fourth-order valence-corrected chi connectivity index (χ4v) is 11.1. The van der Waals surface area contributed by atoms with Crippen LogP contribution < -0.4 is 5.32 Å². The lowest BCUT2D eigenvalue weighted by atomic mass is 10.0. The zero-order chi connectivity index (χ0) is 55.7. The van der Waals surface area contributed by atoms with E-state index in [1.165, 1.54) is 321 Å². The van der Waals surface area contributed by atoms with Gasteiger partial charge >= 0.3 is 5.97 Å². The second-order valence-electron chi connectivity index (χ2n) is 24.2. The molecule has 0 bridgehead atoms. The number of allylic oxidation sites excluding steroid dienone is 3. The van der Waals surface area contributed by atoms with Crippen LogP contribution in [0, 0.1) is 0 Å². The van der Waals surface area contributed by atoms with Gasteiger partial charge in [-0.25, -0.2) is 0 Å². The molecule has 0 spiro atoms. The van der Waals surface area contributed by atoms with E-state index in [1.54, 1.807) is 6.08 Å². The summed E-state index contributed by atoms with van der Waals surface area (Å²) in [7, 11) is 0. The molecule has 6 nitrogen and oxygen atoms in total. The summed E-state index contributed by atoms with van der Waals surface area (Å²) in [5.41, 5.74) is 0. The highest BCUT2D eigenvalue weighted by atomic mass is 16.5. The van der Waals surface area contributed by atoms with Gasteiger partial charge in [0.15, 0.2) is 0 Å². The first-order chi connectivity index (χ1) is 38.0. The second kappa shape index (κ2) is 66.8. The van der Waals surface area contributed by atoms with Gasteiger partial charge in [-0.2, -0.15) is 0 Å². The number of hydrogen-bond donors (Lipinski definition) is 3. The molecule has 0 aromatic rings. The summed E-state index contributed by atoms with van der Waals surface area (Å²) in [4.78, 5) is 24.7. The van der Waals surface area contributed by atoms with Gasteiger partial charge in [-0.1, -0.05) is 346 Å². The molecule has 0 aliphatic carbocycles. The van der Waals surface area contributed by atoms with Gasteiger partial charge in [-0.3, -0.25) is 9.59 Å². The Labute approximate surface area is 481 Å². The second-order valence-corrected chi connectivity index (χ2v) is 24.2. The van der Waals surface area contributed by atoms with Crippen LogP contribution in [0.2, 0.25) is 0 Å². The molecule has 0 radical (unpaired) electrons. The predicted molar refractivity (Wildman–Crippen MR) is 338 cm³/mol. The number of carbonyl (C=O) groups is 2. The Morgan fingerprint density at radius 1 is 0.351 bits per heavy atom. The Bertz CT molecular complexity index is 1200. The molecule has 0 saturated carbocycles. The van der Waals surface area contributed by atoms with E-state index >= 15 is 0 Å². The Morgan fingerprint density at radius 3 is 0.922 bits per heavy atom. The zero-order valence-corrected chi connectivity index (χ0v) is 52.2. The molecule has 2 unspecified atom stereocenters. The van der Waals surface area contributed by atoms with Gasteiger partial charge in [-0.05, 0) is 57.8 Å². The number of carbonyl (C=O) groups excluding carboxylic acids is 2. The lowest BCUT2D eigenvalue weighted by Crippen LogP contribution is -2.45. The summed E-state index contributed by atoms with van der Waals surface area (Å²) in [5, 5.41) is 23.3. The standard InChI is InChI=1S/C71H137NO5/c1-3-5-7-9-11-13-15-17-19-21-23-24-25-26-27-28-30-31-35-39-43-47-51-55-59-63-69(74)68(67-73)72-70(75)64-60-56-52-48-44-40-36-33-34-38-42-46-50-54-58-62-66-77-71(76)65-61-57-53-49-45-41-37-32-29-22-20-18-16-14-12-10-8-6-4-2/h18,20,59,63,68-69,73-74H,3-17,19,21-58,60-62,64-67H2,1-2H3,(H,72,75)/b20-18-,63-59+. The van der Waals surface area contributed by atoms with E-state index in [2.05, 4.69) is 31.3 Å². The van der Waals surface area contributed by atoms with E-state index in [-0.39, 0.29) is 18.5 Å². The van der Waals surface area contributed by atoms with E-state index in [0.29, 0.717) is 19.4 Å². The highest BCUT2D eigenvalue weighted by Gasteiger charge is 2.18. The molecule has 6 heteroatoms. The number of rotatable bonds is 66. The van der Waals surface area contributed by atoms with Gasteiger partial charge in [0.05, 0.1) is 25.4 Å². The molecule has 0 aromatic heterocycles. The zero-order valence-electron chi connectivity index (χ0n) is 52.2. The maximum atomic E-state index is 12.5. The molecular weight excluding hydrogens is 947 g/mol. The highest BCUT2D eigenvalue weighted by Crippen LogP contribution is 2.19. The van der Waals surface area contributed by atoms with Crippen LogP contribution in [0.25, 0.3) is 0 Å². The minimum atomic E-state index is -0.851. The third-order valence-electron chi connectivity index (χ3n) is 16.5. The molecule has 0 rings (SSSR count). The fraction of sp³-hybridized carbons (Fsp3) is 0.915. The molecule has 77 heavy (non-hydrogen) atoms. The number of unbranched alkanes of at least 4 members (excludes halogenated alkanes) is 53. The summed E-state index contributed by atoms with van der Waals surface area (Å²) in [5.74, 6) is -0.0672. The predicted octanol–water partition coefficient (Wildman–Crippen LogP) is 22.5. The summed E-state index contributed by atoms with van der Waals surface area (Å²) < 4.78 is 5.50. The van der Waals surface area contributed by atoms with Gasteiger partial charge in [0.1, 0.15) is 0 Å². The van der Waals surface area contributed by atoms with Crippen LogP contribution in [0.1, 0.15) is 393 Å². The van der Waals surface area contributed by atoms with Gasteiger partial charge in [0.25, 0.3) is 0 Å². The number of ether oxygens (including phenoxy) is 1. The monoisotopic (exact) mass is 1080 g/mol. The number of hydrogen-bond acceptors (Lipinski definition) is 5. The number of amides is 1. The molecule has 456 valence electrons. The molecule has 2 atom stereocenters. The van der Waals surface area contributed by atoms with Crippen molar-refractivity contribution in [1.29, 1.82) is 0 Å². The lowest BCUT2D eigenvalue weighted by Gasteiger charge is -2.20. The molecule has 0 aliphatic rings. The highest BCUT2D eigenvalue weighted by molar-refractivity contribution is 5.76. The average molecular weight is 1080 g/mol. The van der Waals surface area contributed by atoms with E-state index < -0.39 is 12.1 Å². The minimum Gasteiger partial charge on any atom is -0.466 e. The SMILES string of the molecule is CCCCCCCC/C=C\CCCCCCCCCCCC(=O)OCCCCCCCCCCCCCCCCCCC(=O)NC(CO)C(O)/C=C/CCCCCCCCCCCCCCCCCCCCCCCCC. The molecular formula is C71H137NO5. The van der Waals surface area contributed by atoms with Crippen molar-refractivity contribution in [1.82, 2.24) is 5.32 Å². The molecule has 0 fully saturated rings. The van der Waals surface area contributed by atoms with Gasteiger partial charge in [0, 0.05) is 12.8 Å². The summed E-state index contributed by atoms with van der Waals surface area (Å²) in [6, 6.07) is -0.635. The van der Waals surface area contributed by atoms with Gasteiger partial charge < -0.3 is 20.3 Å². The first-order valence-corrected chi connectivity index (χ1v) is 35.1. The first-order valence-electron chi connectivity index (χ1n) is 35.1. The van der Waals surface area contributed by atoms with Crippen molar-refractivity contribution in [2.24, 2.45) is 0 Å². The topological polar surface area (TPSA) is 95.9 Å². The molecule has 0 aromatic carbocycles. The van der Waals surface area contributed by atoms with Crippen LogP contribution >= 0.6 is 0 Å². The van der Waals surface area contributed by atoms with Crippen LogP contribution in [-0.2, 0) is 14.3 Å². The van der Waals surface area contributed by atoms with Crippen molar-refractivity contribution in [3.63, 3.8) is 0 Å². The number of aliphatic hydroxyl groups is 2. The van der Waals surface area contributed by atoms with Crippen molar-refractivity contribution in [3.05, 3.63) is 24.3 Å². The Hall–Kier alpha value is -1.66.